The number of H-pyrrole nitrogens is 1. The van der Waals surface area contributed by atoms with Crippen LogP contribution in [0.2, 0.25) is 0 Å². The molecule has 3 rings (SSSR count). The molecule has 0 atom stereocenters. The second kappa shape index (κ2) is 3.28. The maximum absolute atomic E-state index is 9.93. The van der Waals surface area contributed by atoms with E-state index in [1.165, 1.54) is 6.20 Å². The number of nitrogen functional groups attached to an aromatic ring is 1. The predicted molar refractivity (Wildman–Crippen MR) is 64.6 cm³/mol. The summed E-state index contributed by atoms with van der Waals surface area (Å²) in [5.74, 6) is 0.674. The third-order valence-corrected chi connectivity index (χ3v) is 2.81. The summed E-state index contributed by atoms with van der Waals surface area (Å²) in [5.41, 5.74) is 8.72. The molecule has 0 saturated carbocycles. The van der Waals surface area contributed by atoms with Crippen molar-refractivity contribution in [1.82, 2.24) is 10.1 Å². The van der Waals surface area contributed by atoms with Crippen LogP contribution in [0.3, 0.4) is 0 Å². The predicted octanol–water partition coefficient (Wildman–Crippen LogP) is 2.42. The van der Waals surface area contributed by atoms with Crippen LogP contribution in [0.5, 0.6) is 5.75 Å². The fourth-order valence-corrected chi connectivity index (χ4v) is 2.08. The highest BCUT2D eigenvalue weighted by atomic mass is 16.5. The molecule has 17 heavy (non-hydrogen) atoms. The van der Waals surface area contributed by atoms with Gasteiger partial charge in [-0.3, -0.25) is 0 Å². The Labute approximate surface area is 96.8 Å². The Bertz CT molecular complexity index is 697. The Hall–Kier alpha value is -2.43. The second-order valence-corrected chi connectivity index (χ2v) is 3.93. The van der Waals surface area contributed by atoms with Crippen molar-refractivity contribution in [3.05, 3.63) is 30.1 Å². The summed E-state index contributed by atoms with van der Waals surface area (Å²) in [6.07, 6.45) is 1.45. The maximum Gasteiger partial charge on any atom is 0.192 e. The van der Waals surface area contributed by atoms with E-state index in [9.17, 15) is 5.11 Å². The average molecular weight is 229 g/mol. The zero-order valence-electron chi connectivity index (χ0n) is 9.19. The number of nitrogens with zero attached hydrogens (tertiary/aromatic N) is 1. The standard InChI is InChI=1S/C12H11N3O2/c1-6-10(12-7(13)5-14-17-12)11-8(15-6)3-2-4-9(11)16/h2-5,15-16H,13H2,1H3. The molecule has 0 aliphatic carbocycles. The number of fused-ring (bicyclic) bond motifs is 1. The van der Waals surface area contributed by atoms with Gasteiger partial charge in [-0.05, 0) is 19.1 Å². The second-order valence-electron chi connectivity index (χ2n) is 3.93. The number of rotatable bonds is 1. The summed E-state index contributed by atoms with van der Waals surface area (Å²) in [6.45, 7) is 1.90. The number of benzene rings is 1. The van der Waals surface area contributed by atoms with Gasteiger partial charge in [-0.2, -0.15) is 0 Å². The monoisotopic (exact) mass is 229 g/mol. The lowest BCUT2D eigenvalue weighted by atomic mass is 10.1. The van der Waals surface area contributed by atoms with Crippen LogP contribution in [0.1, 0.15) is 5.69 Å². The minimum absolute atomic E-state index is 0.192. The molecular weight excluding hydrogens is 218 g/mol. The lowest BCUT2D eigenvalue weighted by molar-refractivity contribution is 0.432. The maximum atomic E-state index is 9.93. The highest BCUT2D eigenvalue weighted by molar-refractivity contribution is 6.02. The van der Waals surface area contributed by atoms with Crippen molar-refractivity contribution in [1.29, 1.82) is 0 Å². The molecule has 0 aliphatic rings. The number of aromatic amines is 1. The van der Waals surface area contributed by atoms with Crippen LogP contribution in [0.4, 0.5) is 5.69 Å². The lowest BCUT2D eigenvalue weighted by Gasteiger charge is -1.99. The topological polar surface area (TPSA) is 88.1 Å². The number of aromatic hydroxyl groups is 1. The number of hydrogen-bond acceptors (Lipinski definition) is 4. The van der Waals surface area contributed by atoms with Gasteiger partial charge in [-0.15, -0.1) is 0 Å². The van der Waals surface area contributed by atoms with Crippen LogP contribution >= 0.6 is 0 Å². The van der Waals surface area contributed by atoms with Crippen LogP contribution in [-0.2, 0) is 0 Å². The number of aromatic nitrogens is 2. The number of nitrogens with one attached hydrogen (secondary N) is 1. The summed E-state index contributed by atoms with van der Waals surface area (Å²) in [6, 6.07) is 5.30. The van der Waals surface area contributed by atoms with Crippen molar-refractivity contribution in [2.24, 2.45) is 0 Å². The summed E-state index contributed by atoms with van der Waals surface area (Å²) in [4.78, 5) is 3.18. The first-order valence-electron chi connectivity index (χ1n) is 5.19. The zero-order valence-corrected chi connectivity index (χ0v) is 9.19. The Balaban J connectivity index is 2.44. The lowest BCUT2D eigenvalue weighted by Crippen LogP contribution is -1.85. The van der Waals surface area contributed by atoms with E-state index < -0.39 is 0 Å². The van der Waals surface area contributed by atoms with E-state index in [4.69, 9.17) is 10.3 Å². The Kier molecular flexibility index (Phi) is 1.89. The SMILES string of the molecule is Cc1[nH]c2cccc(O)c2c1-c1oncc1N. The molecule has 5 heteroatoms. The summed E-state index contributed by atoms with van der Waals surface area (Å²) in [5, 5.41) is 14.3. The molecule has 0 aliphatic heterocycles. The van der Waals surface area contributed by atoms with Crippen molar-refractivity contribution in [2.45, 2.75) is 6.92 Å². The van der Waals surface area contributed by atoms with Crippen LogP contribution in [0.15, 0.2) is 28.9 Å². The number of anilines is 1. The Morgan fingerprint density at radius 1 is 1.41 bits per heavy atom. The molecule has 4 N–H and O–H groups in total. The molecule has 0 radical (unpaired) electrons. The number of aryl methyl sites for hydroxylation is 1. The fourth-order valence-electron chi connectivity index (χ4n) is 2.08. The van der Waals surface area contributed by atoms with Gasteiger partial charge in [0.05, 0.1) is 22.7 Å². The van der Waals surface area contributed by atoms with Gasteiger partial charge in [0.1, 0.15) is 11.4 Å². The van der Waals surface area contributed by atoms with E-state index in [0.29, 0.717) is 16.8 Å². The van der Waals surface area contributed by atoms with Gasteiger partial charge < -0.3 is 20.3 Å². The summed E-state index contributed by atoms with van der Waals surface area (Å²) in [7, 11) is 0. The van der Waals surface area contributed by atoms with Crippen molar-refractivity contribution < 1.29 is 9.63 Å². The molecule has 1 aromatic carbocycles. The Morgan fingerprint density at radius 3 is 2.94 bits per heavy atom. The Morgan fingerprint density at radius 2 is 2.24 bits per heavy atom. The van der Waals surface area contributed by atoms with Gasteiger partial charge >= 0.3 is 0 Å². The van der Waals surface area contributed by atoms with Gasteiger partial charge in [0.25, 0.3) is 0 Å². The molecule has 3 aromatic rings. The summed E-state index contributed by atoms with van der Waals surface area (Å²) >= 11 is 0. The van der Waals surface area contributed by atoms with Crippen molar-refractivity contribution >= 4 is 16.6 Å². The van der Waals surface area contributed by atoms with Crippen LogP contribution in [0, 0.1) is 6.92 Å². The molecule has 86 valence electrons. The first kappa shape index (κ1) is 9.77. The van der Waals surface area contributed by atoms with Crippen LogP contribution in [0.25, 0.3) is 22.2 Å². The zero-order chi connectivity index (χ0) is 12.0. The quantitative estimate of drug-likeness (QED) is 0.598. The van der Waals surface area contributed by atoms with Crippen molar-refractivity contribution in [3.63, 3.8) is 0 Å². The molecule has 0 fully saturated rings. The number of phenols is 1. The van der Waals surface area contributed by atoms with Gasteiger partial charge in [0, 0.05) is 5.69 Å². The first-order valence-corrected chi connectivity index (χ1v) is 5.19. The molecule has 0 saturated heterocycles. The number of phenolic OH excluding ortho intramolecular Hbond substituents is 1. The molecule has 0 bridgehead atoms. The van der Waals surface area contributed by atoms with Crippen molar-refractivity contribution in [3.8, 4) is 17.1 Å². The van der Waals surface area contributed by atoms with Crippen molar-refractivity contribution in [2.75, 3.05) is 5.73 Å². The van der Waals surface area contributed by atoms with E-state index >= 15 is 0 Å². The highest BCUT2D eigenvalue weighted by Crippen LogP contribution is 2.39. The van der Waals surface area contributed by atoms with Gasteiger partial charge in [-0.25, -0.2) is 0 Å². The fraction of sp³-hybridized carbons (Fsp3) is 0.0833. The minimum atomic E-state index is 0.192. The van der Waals surface area contributed by atoms with E-state index in [-0.39, 0.29) is 5.75 Å². The number of hydrogen-bond donors (Lipinski definition) is 3. The minimum Gasteiger partial charge on any atom is -0.507 e. The molecule has 0 unspecified atom stereocenters. The molecule has 0 amide bonds. The largest absolute Gasteiger partial charge is 0.507 e. The highest BCUT2D eigenvalue weighted by Gasteiger charge is 2.18. The van der Waals surface area contributed by atoms with Crippen LogP contribution < -0.4 is 5.73 Å². The van der Waals surface area contributed by atoms with Gasteiger partial charge in [0.2, 0.25) is 0 Å². The summed E-state index contributed by atoms with van der Waals surface area (Å²) < 4.78 is 5.15. The smallest absolute Gasteiger partial charge is 0.192 e. The molecule has 2 aromatic heterocycles. The van der Waals surface area contributed by atoms with E-state index in [1.807, 2.05) is 13.0 Å². The van der Waals surface area contributed by atoms with Crippen LogP contribution in [-0.4, -0.2) is 15.2 Å². The first-order chi connectivity index (χ1) is 8.18. The molecule has 5 nitrogen and oxygen atoms in total. The molecule has 2 heterocycles. The van der Waals surface area contributed by atoms with E-state index in [1.54, 1.807) is 12.1 Å². The normalized spacial score (nSPS) is 11.1. The third-order valence-electron chi connectivity index (χ3n) is 2.81. The number of nitrogens with two attached hydrogens (primary N) is 1. The molecule has 0 spiro atoms. The third kappa shape index (κ3) is 1.29. The van der Waals surface area contributed by atoms with E-state index in [0.717, 1.165) is 16.8 Å². The average Bonchev–Trinajstić information content (AvgIpc) is 2.82. The van der Waals surface area contributed by atoms with Gasteiger partial charge in [-0.1, -0.05) is 11.2 Å². The van der Waals surface area contributed by atoms with Gasteiger partial charge in [0.15, 0.2) is 5.76 Å². The molecular formula is C12H11N3O2. The van der Waals surface area contributed by atoms with E-state index in [2.05, 4.69) is 10.1 Å².